The Morgan fingerprint density at radius 2 is 2.19 bits per heavy atom. The maximum absolute atomic E-state index is 11.8. The van der Waals surface area contributed by atoms with E-state index >= 15 is 0 Å². The van der Waals surface area contributed by atoms with Crippen molar-refractivity contribution in [1.29, 1.82) is 0 Å². The van der Waals surface area contributed by atoms with Gasteiger partial charge in [-0.05, 0) is 18.2 Å². The molecule has 2 aromatic rings. The summed E-state index contributed by atoms with van der Waals surface area (Å²) in [6.07, 6.45) is 0.982. The van der Waals surface area contributed by atoms with Gasteiger partial charge in [0.2, 0.25) is 11.1 Å². The third kappa shape index (κ3) is 4.10. The van der Waals surface area contributed by atoms with Crippen LogP contribution >= 0.6 is 35.0 Å². The van der Waals surface area contributed by atoms with Gasteiger partial charge in [-0.15, -0.1) is 5.10 Å². The molecule has 0 unspecified atom stereocenters. The molecule has 0 bridgehead atoms. The van der Waals surface area contributed by atoms with E-state index in [2.05, 4.69) is 15.5 Å². The molecule has 0 radical (unpaired) electrons. The summed E-state index contributed by atoms with van der Waals surface area (Å²) in [5.41, 5.74) is -0.107. The Bertz CT molecular complexity index is 737. The lowest BCUT2D eigenvalue weighted by Gasteiger charge is -2.08. The van der Waals surface area contributed by atoms with Crippen molar-refractivity contribution in [2.75, 3.05) is 16.9 Å². The zero-order valence-electron chi connectivity index (χ0n) is 10.4. The Labute approximate surface area is 133 Å². The van der Waals surface area contributed by atoms with Crippen LogP contribution in [0.3, 0.4) is 0 Å². The van der Waals surface area contributed by atoms with Crippen molar-refractivity contribution in [3.8, 4) is 0 Å². The Morgan fingerprint density at radius 3 is 2.95 bits per heavy atom. The van der Waals surface area contributed by atoms with Crippen molar-refractivity contribution in [3.63, 3.8) is 0 Å². The summed E-state index contributed by atoms with van der Waals surface area (Å²) in [4.78, 5) is 23.1. The van der Waals surface area contributed by atoms with Gasteiger partial charge in [-0.1, -0.05) is 35.0 Å². The molecule has 1 amide bonds. The van der Waals surface area contributed by atoms with Crippen LogP contribution in [0.4, 0.5) is 5.69 Å². The van der Waals surface area contributed by atoms with Gasteiger partial charge in [0.15, 0.2) is 0 Å². The van der Waals surface area contributed by atoms with E-state index in [0.717, 1.165) is 22.6 Å². The highest BCUT2D eigenvalue weighted by atomic mass is 35.5. The van der Waals surface area contributed by atoms with Crippen molar-refractivity contribution < 1.29 is 4.79 Å². The van der Waals surface area contributed by atoms with Crippen LogP contribution in [-0.2, 0) is 4.79 Å². The van der Waals surface area contributed by atoms with Crippen LogP contribution in [0.5, 0.6) is 0 Å². The number of carbonyl (C=O) groups is 1. The van der Waals surface area contributed by atoms with Crippen molar-refractivity contribution in [3.05, 3.63) is 44.8 Å². The molecule has 1 aromatic carbocycles. The number of rotatable bonds is 4. The Kier molecular flexibility index (Phi) is 5.05. The first-order valence-electron chi connectivity index (χ1n) is 5.55. The molecule has 110 valence electrons. The highest BCUT2D eigenvalue weighted by molar-refractivity contribution is 7.99. The normalized spacial score (nSPS) is 10.4. The van der Waals surface area contributed by atoms with Crippen LogP contribution in [0, 0.1) is 0 Å². The van der Waals surface area contributed by atoms with Crippen LogP contribution in [0.15, 0.2) is 34.3 Å². The van der Waals surface area contributed by atoms with Gasteiger partial charge in [-0.25, -0.2) is 0 Å². The number of anilines is 1. The summed E-state index contributed by atoms with van der Waals surface area (Å²) in [5, 5.41) is 10.7. The maximum Gasteiger partial charge on any atom is 0.291 e. The molecule has 0 fully saturated rings. The Balaban J connectivity index is 2.01. The molecule has 0 spiro atoms. The van der Waals surface area contributed by atoms with Crippen molar-refractivity contribution >= 4 is 46.6 Å². The number of amides is 1. The maximum atomic E-state index is 11.8. The van der Waals surface area contributed by atoms with Crippen LogP contribution in [0.25, 0.3) is 0 Å². The first kappa shape index (κ1) is 15.6. The van der Waals surface area contributed by atoms with Crippen LogP contribution in [-0.4, -0.2) is 26.5 Å². The number of hydrogen-bond donors (Lipinski definition) is 2. The summed E-state index contributed by atoms with van der Waals surface area (Å²) >= 11 is 12.7. The van der Waals surface area contributed by atoms with Crippen molar-refractivity contribution in [2.45, 2.75) is 5.16 Å². The van der Waals surface area contributed by atoms with Crippen molar-refractivity contribution in [2.24, 2.45) is 0 Å². The summed E-state index contributed by atoms with van der Waals surface area (Å²) in [5.74, 6) is 5.12. The predicted molar refractivity (Wildman–Crippen MR) is 82.3 cm³/mol. The topological polar surface area (TPSA) is 103 Å². The van der Waals surface area contributed by atoms with E-state index in [1.54, 1.807) is 12.1 Å². The molecule has 21 heavy (non-hydrogen) atoms. The van der Waals surface area contributed by atoms with E-state index in [9.17, 15) is 9.59 Å². The minimum atomic E-state index is -0.509. The molecule has 3 N–H and O–H groups in total. The molecule has 0 aliphatic carbocycles. The Morgan fingerprint density at radius 1 is 1.43 bits per heavy atom. The number of nitrogen functional groups attached to an aromatic ring is 1. The smallest absolute Gasteiger partial charge is 0.291 e. The second-order valence-corrected chi connectivity index (χ2v) is 5.58. The molecule has 0 atom stereocenters. The summed E-state index contributed by atoms with van der Waals surface area (Å²) < 4.78 is 0.817. The average molecular weight is 346 g/mol. The number of nitrogens with one attached hydrogen (secondary N) is 1. The lowest BCUT2D eigenvalue weighted by atomic mass is 10.3. The summed E-state index contributed by atoms with van der Waals surface area (Å²) in [6.45, 7) is 0. The fraction of sp³-hybridized carbons (Fsp3) is 0.0909. The number of carbonyl (C=O) groups excluding carboxylic acids is 1. The van der Waals surface area contributed by atoms with Crippen molar-refractivity contribution in [1.82, 2.24) is 14.9 Å². The second kappa shape index (κ2) is 6.79. The van der Waals surface area contributed by atoms with Crippen LogP contribution in [0.1, 0.15) is 0 Å². The quantitative estimate of drug-likeness (QED) is 0.641. The summed E-state index contributed by atoms with van der Waals surface area (Å²) in [6, 6.07) is 4.72. The molecular formula is C11H9Cl2N5O2S. The standard InChI is InChI=1S/C11H9Cl2N5O2S/c12-6-1-2-7(13)8(3-6)16-9(19)5-21-11-17-15-4-10(20)18(11)14/h1-4H,5,14H2,(H,16,19). The van der Waals surface area contributed by atoms with Gasteiger partial charge in [0.25, 0.3) is 5.56 Å². The molecule has 0 saturated heterocycles. The van der Waals surface area contributed by atoms with Gasteiger partial charge in [0.05, 0.1) is 16.5 Å². The van der Waals surface area contributed by atoms with E-state index in [-0.39, 0.29) is 16.8 Å². The minimum Gasteiger partial charge on any atom is -0.334 e. The molecule has 1 aromatic heterocycles. The van der Waals surface area contributed by atoms with Gasteiger partial charge < -0.3 is 11.2 Å². The first-order chi connectivity index (χ1) is 9.97. The second-order valence-electron chi connectivity index (χ2n) is 3.80. The molecule has 7 nitrogen and oxygen atoms in total. The number of aromatic nitrogens is 3. The predicted octanol–water partition coefficient (Wildman–Crippen LogP) is 1.39. The van der Waals surface area contributed by atoms with Gasteiger partial charge in [0.1, 0.15) is 6.20 Å². The lowest BCUT2D eigenvalue weighted by Crippen LogP contribution is -2.30. The zero-order chi connectivity index (χ0) is 15.4. The number of nitrogens with two attached hydrogens (primary N) is 1. The fourth-order valence-corrected chi connectivity index (χ4v) is 2.34. The minimum absolute atomic E-state index is 0.0157. The first-order valence-corrected chi connectivity index (χ1v) is 7.29. The molecule has 10 heteroatoms. The number of nitrogens with zero attached hydrogens (tertiary/aromatic N) is 3. The zero-order valence-corrected chi connectivity index (χ0v) is 12.7. The van der Waals surface area contributed by atoms with E-state index in [1.165, 1.54) is 6.07 Å². The third-order valence-electron chi connectivity index (χ3n) is 2.29. The van der Waals surface area contributed by atoms with E-state index in [4.69, 9.17) is 29.0 Å². The molecular weight excluding hydrogens is 337 g/mol. The van der Waals surface area contributed by atoms with Crippen LogP contribution in [0.2, 0.25) is 10.0 Å². The number of halogens is 2. The molecule has 0 aliphatic rings. The largest absolute Gasteiger partial charge is 0.334 e. The number of hydrogen-bond acceptors (Lipinski definition) is 6. The van der Waals surface area contributed by atoms with E-state index in [0.29, 0.717) is 15.7 Å². The Hall–Kier alpha value is -1.77. The number of thioether (sulfide) groups is 1. The molecule has 2 rings (SSSR count). The lowest BCUT2D eigenvalue weighted by molar-refractivity contribution is -0.113. The highest BCUT2D eigenvalue weighted by Crippen LogP contribution is 2.25. The van der Waals surface area contributed by atoms with Gasteiger partial charge in [-0.3, -0.25) is 9.59 Å². The third-order valence-corrected chi connectivity index (χ3v) is 3.80. The average Bonchev–Trinajstić information content (AvgIpc) is 2.44. The SMILES string of the molecule is Nn1c(SCC(=O)Nc2cc(Cl)ccc2Cl)nncc1=O. The fourth-order valence-electron chi connectivity index (χ4n) is 1.34. The molecule has 0 saturated carbocycles. The van der Waals surface area contributed by atoms with Gasteiger partial charge >= 0.3 is 0 Å². The van der Waals surface area contributed by atoms with E-state index in [1.807, 2.05) is 0 Å². The van der Waals surface area contributed by atoms with Gasteiger partial charge in [0, 0.05) is 5.02 Å². The van der Waals surface area contributed by atoms with Gasteiger partial charge in [-0.2, -0.15) is 9.77 Å². The molecule has 1 heterocycles. The summed E-state index contributed by atoms with van der Waals surface area (Å²) in [7, 11) is 0. The highest BCUT2D eigenvalue weighted by Gasteiger charge is 2.10. The van der Waals surface area contributed by atoms with E-state index < -0.39 is 5.56 Å². The monoisotopic (exact) mass is 345 g/mol. The molecule has 0 aliphatic heterocycles. The number of benzene rings is 1. The van der Waals surface area contributed by atoms with Crippen LogP contribution < -0.4 is 16.7 Å².